The number of furan rings is 1. The molecule has 0 spiro atoms. The normalized spacial score (nSPS) is 11.6. The summed E-state index contributed by atoms with van der Waals surface area (Å²) in [6.07, 6.45) is 0. The molecule has 0 radical (unpaired) electrons. The Balaban J connectivity index is 2.37. The summed E-state index contributed by atoms with van der Waals surface area (Å²) in [6.45, 7) is 1.99. The Bertz CT molecular complexity index is 989. The second-order valence-electron chi connectivity index (χ2n) is 4.69. The zero-order valence-corrected chi connectivity index (χ0v) is 10.3. The van der Waals surface area contributed by atoms with Gasteiger partial charge in [-0.2, -0.15) is 0 Å². The molecule has 3 heteroatoms. The molecule has 0 bridgehead atoms. The summed E-state index contributed by atoms with van der Waals surface area (Å²) in [5, 5.41) is 2.15. The summed E-state index contributed by atoms with van der Waals surface area (Å²) in [4.78, 5) is 12.1. The number of para-hydroxylation sites is 1. The van der Waals surface area contributed by atoms with Crippen LogP contribution < -0.4 is 5.63 Å². The fraction of sp³-hybridized carbons (Fsp3) is 0.0625. The van der Waals surface area contributed by atoms with E-state index in [0.29, 0.717) is 16.6 Å². The maximum atomic E-state index is 12.1. The zero-order valence-electron chi connectivity index (χ0n) is 10.3. The van der Waals surface area contributed by atoms with Crippen molar-refractivity contribution >= 4 is 32.9 Å². The van der Waals surface area contributed by atoms with Gasteiger partial charge in [-0.15, -0.1) is 0 Å². The van der Waals surface area contributed by atoms with E-state index in [9.17, 15) is 4.79 Å². The van der Waals surface area contributed by atoms with Crippen LogP contribution in [0.25, 0.3) is 32.9 Å². The first-order valence-corrected chi connectivity index (χ1v) is 6.09. The Hall–Kier alpha value is -2.55. The molecule has 4 rings (SSSR count). The molecule has 0 amide bonds. The van der Waals surface area contributed by atoms with Crippen molar-refractivity contribution in [3.05, 3.63) is 58.4 Å². The maximum Gasteiger partial charge on any atom is 0.348 e. The fourth-order valence-corrected chi connectivity index (χ4v) is 2.49. The third-order valence-electron chi connectivity index (χ3n) is 3.38. The van der Waals surface area contributed by atoms with Crippen molar-refractivity contribution in [3.63, 3.8) is 0 Å². The third kappa shape index (κ3) is 1.35. The standard InChI is InChI=1S/C16H10O3/c1-9-6-7-10-13(8-9)18-15-11-4-2-3-5-12(11)19-16(17)14(10)15/h2-8H,1H3. The molecule has 3 nitrogen and oxygen atoms in total. The first kappa shape index (κ1) is 10.4. The first-order chi connectivity index (χ1) is 9.24. The van der Waals surface area contributed by atoms with Crippen LogP contribution in [-0.2, 0) is 0 Å². The number of hydrogen-bond donors (Lipinski definition) is 0. The molecule has 0 unspecified atom stereocenters. The van der Waals surface area contributed by atoms with E-state index in [4.69, 9.17) is 8.83 Å². The smallest absolute Gasteiger partial charge is 0.348 e. The molecule has 0 atom stereocenters. The molecule has 2 aromatic carbocycles. The first-order valence-electron chi connectivity index (χ1n) is 6.09. The van der Waals surface area contributed by atoms with Gasteiger partial charge in [0.05, 0.1) is 5.39 Å². The van der Waals surface area contributed by atoms with Gasteiger partial charge in [-0.05, 0) is 36.8 Å². The molecule has 0 aliphatic heterocycles. The van der Waals surface area contributed by atoms with Crippen LogP contribution in [0.4, 0.5) is 0 Å². The molecular formula is C16H10O3. The van der Waals surface area contributed by atoms with Crippen molar-refractivity contribution in [2.75, 3.05) is 0 Å². The maximum absolute atomic E-state index is 12.1. The van der Waals surface area contributed by atoms with Gasteiger partial charge in [0.25, 0.3) is 0 Å². The third-order valence-corrected chi connectivity index (χ3v) is 3.38. The summed E-state index contributed by atoms with van der Waals surface area (Å²) in [5.41, 5.74) is 2.62. The van der Waals surface area contributed by atoms with Crippen LogP contribution in [-0.4, -0.2) is 0 Å². The lowest BCUT2D eigenvalue weighted by atomic mass is 10.1. The number of rotatable bonds is 0. The average Bonchev–Trinajstić information content (AvgIpc) is 2.78. The molecule has 2 heterocycles. The van der Waals surface area contributed by atoms with Crippen molar-refractivity contribution in [3.8, 4) is 0 Å². The van der Waals surface area contributed by atoms with Crippen LogP contribution in [0.2, 0.25) is 0 Å². The lowest BCUT2D eigenvalue weighted by molar-refractivity contribution is 0.567. The van der Waals surface area contributed by atoms with Crippen LogP contribution in [0.5, 0.6) is 0 Å². The van der Waals surface area contributed by atoms with E-state index in [-0.39, 0.29) is 5.63 Å². The number of benzene rings is 2. The van der Waals surface area contributed by atoms with Gasteiger partial charge in [0, 0.05) is 5.39 Å². The molecule has 0 fully saturated rings. The Morgan fingerprint density at radius 3 is 2.63 bits per heavy atom. The number of hydrogen-bond acceptors (Lipinski definition) is 3. The van der Waals surface area contributed by atoms with Gasteiger partial charge < -0.3 is 8.83 Å². The summed E-state index contributed by atoms with van der Waals surface area (Å²) >= 11 is 0. The minimum atomic E-state index is -0.351. The van der Waals surface area contributed by atoms with Crippen LogP contribution in [0.15, 0.2) is 56.1 Å². The van der Waals surface area contributed by atoms with Crippen molar-refractivity contribution in [1.29, 1.82) is 0 Å². The summed E-state index contributed by atoms with van der Waals surface area (Å²) in [7, 11) is 0. The molecule has 0 aliphatic carbocycles. The molecule has 0 N–H and O–H groups in total. The Morgan fingerprint density at radius 2 is 1.74 bits per heavy atom. The highest BCUT2D eigenvalue weighted by molar-refractivity contribution is 6.12. The van der Waals surface area contributed by atoms with Gasteiger partial charge in [-0.1, -0.05) is 18.2 Å². The highest BCUT2D eigenvalue weighted by atomic mass is 16.4. The van der Waals surface area contributed by atoms with Gasteiger partial charge in [0.1, 0.15) is 16.6 Å². The monoisotopic (exact) mass is 250 g/mol. The Morgan fingerprint density at radius 1 is 0.895 bits per heavy atom. The zero-order chi connectivity index (χ0) is 13.0. The molecule has 19 heavy (non-hydrogen) atoms. The van der Waals surface area contributed by atoms with Crippen LogP contribution in [0, 0.1) is 6.92 Å². The second-order valence-corrected chi connectivity index (χ2v) is 4.69. The molecule has 92 valence electrons. The van der Waals surface area contributed by atoms with Crippen LogP contribution >= 0.6 is 0 Å². The highest BCUT2D eigenvalue weighted by Crippen LogP contribution is 2.31. The average molecular weight is 250 g/mol. The predicted molar refractivity (Wildman–Crippen MR) is 74.5 cm³/mol. The van der Waals surface area contributed by atoms with E-state index in [1.165, 1.54) is 0 Å². The lowest BCUT2D eigenvalue weighted by Gasteiger charge is -1.95. The second kappa shape index (κ2) is 3.48. The summed E-state index contributed by atoms with van der Waals surface area (Å²) < 4.78 is 11.2. The van der Waals surface area contributed by atoms with Crippen molar-refractivity contribution in [2.45, 2.75) is 6.92 Å². The Kier molecular flexibility index (Phi) is 1.90. The van der Waals surface area contributed by atoms with Gasteiger partial charge in [0.15, 0.2) is 5.58 Å². The topological polar surface area (TPSA) is 43.4 Å². The predicted octanol–water partition coefficient (Wildman–Crippen LogP) is 4.00. The SMILES string of the molecule is Cc1ccc2c(c1)oc1c3ccccc3oc(=O)c21. The van der Waals surface area contributed by atoms with E-state index in [2.05, 4.69) is 0 Å². The molecule has 4 aromatic rings. The van der Waals surface area contributed by atoms with Crippen molar-refractivity contribution < 1.29 is 8.83 Å². The van der Waals surface area contributed by atoms with E-state index in [0.717, 1.165) is 21.9 Å². The quantitative estimate of drug-likeness (QED) is 0.443. The molecule has 0 saturated carbocycles. The van der Waals surface area contributed by atoms with Crippen LogP contribution in [0.1, 0.15) is 5.56 Å². The van der Waals surface area contributed by atoms with Crippen LogP contribution in [0.3, 0.4) is 0 Å². The van der Waals surface area contributed by atoms with Gasteiger partial charge in [-0.25, -0.2) is 4.79 Å². The van der Waals surface area contributed by atoms with Gasteiger partial charge in [0.2, 0.25) is 0 Å². The fourth-order valence-electron chi connectivity index (χ4n) is 2.49. The molecule has 0 saturated heterocycles. The number of fused-ring (bicyclic) bond motifs is 5. The lowest BCUT2D eigenvalue weighted by Crippen LogP contribution is -1.97. The molecular weight excluding hydrogens is 240 g/mol. The minimum absolute atomic E-state index is 0.351. The van der Waals surface area contributed by atoms with E-state index in [1.807, 2.05) is 43.3 Å². The Labute approximate surface area is 108 Å². The van der Waals surface area contributed by atoms with Crippen molar-refractivity contribution in [1.82, 2.24) is 0 Å². The molecule has 2 aromatic heterocycles. The van der Waals surface area contributed by atoms with Gasteiger partial charge in [-0.3, -0.25) is 0 Å². The molecule has 0 aliphatic rings. The summed E-state index contributed by atoms with van der Waals surface area (Å²) in [6, 6.07) is 13.2. The summed E-state index contributed by atoms with van der Waals surface area (Å²) in [5.74, 6) is 0. The van der Waals surface area contributed by atoms with E-state index in [1.54, 1.807) is 6.07 Å². The largest absolute Gasteiger partial charge is 0.455 e. The van der Waals surface area contributed by atoms with E-state index >= 15 is 0 Å². The highest BCUT2D eigenvalue weighted by Gasteiger charge is 2.15. The van der Waals surface area contributed by atoms with Gasteiger partial charge >= 0.3 is 5.63 Å². The number of aryl methyl sites for hydroxylation is 1. The van der Waals surface area contributed by atoms with Crippen molar-refractivity contribution in [2.24, 2.45) is 0 Å². The van der Waals surface area contributed by atoms with E-state index < -0.39 is 0 Å². The minimum Gasteiger partial charge on any atom is -0.455 e.